The van der Waals surface area contributed by atoms with Crippen molar-refractivity contribution >= 4 is 11.9 Å². The van der Waals surface area contributed by atoms with Crippen molar-refractivity contribution in [3.8, 4) is 0 Å². The van der Waals surface area contributed by atoms with E-state index in [0.717, 1.165) is 33.4 Å². The van der Waals surface area contributed by atoms with Crippen molar-refractivity contribution in [1.29, 1.82) is 0 Å². The molecule has 8 aromatic carbocycles. The molecule has 13 nitrogen and oxygen atoms in total. The van der Waals surface area contributed by atoms with E-state index in [1.165, 1.54) is 0 Å². The Morgan fingerprint density at radius 3 is 0.765 bits per heavy atom. The summed E-state index contributed by atoms with van der Waals surface area (Å²) in [6.07, 6.45) is -10.4. The van der Waals surface area contributed by atoms with Crippen LogP contribution in [-0.4, -0.2) is 86.6 Å². The third-order valence-electron chi connectivity index (χ3n) is 13.9. The molecular weight excluding hydrogens is 1020 g/mol. The minimum Gasteiger partial charge on any atom is -0.459 e. The molecule has 416 valence electrons. The van der Waals surface area contributed by atoms with Crippen LogP contribution in [0.3, 0.4) is 0 Å². The van der Waals surface area contributed by atoms with E-state index in [9.17, 15) is 9.59 Å². The van der Waals surface area contributed by atoms with Gasteiger partial charge in [0.05, 0.1) is 50.8 Å². The van der Waals surface area contributed by atoms with Crippen LogP contribution in [0.4, 0.5) is 0 Å². The molecule has 2 saturated heterocycles. The molecule has 2 fully saturated rings. The Morgan fingerprint density at radius 1 is 0.284 bits per heavy atom. The number of hydrogen-bond acceptors (Lipinski definition) is 13. The van der Waals surface area contributed by atoms with E-state index in [4.69, 9.17) is 52.1 Å². The Labute approximate surface area is 473 Å². The SMILES string of the molecule is O=C(OC[C@H]1O[C@H](O[C@H]2O[C@H](COC(=O)c3ccccc3)[C@@H](OCc3ccccc3)[C@H](OCc3ccccc3)[C@H]2OCc2ccccc2)[C@H](OCc2ccccc2)[C@@H](OCc2ccccc2)[C@@H]1OCc1ccccc1)c1ccccc1. The van der Waals surface area contributed by atoms with E-state index >= 15 is 0 Å². The summed E-state index contributed by atoms with van der Waals surface area (Å²) < 4.78 is 75.8. The van der Waals surface area contributed by atoms with Gasteiger partial charge in [-0.3, -0.25) is 0 Å². The van der Waals surface area contributed by atoms with Gasteiger partial charge in [-0.25, -0.2) is 9.59 Å². The largest absolute Gasteiger partial charge is 0.459 e. The van der Waals surface area contributed by atoms with Gasteiger partial charge in [-0.05, 0) is 57.6 Å². The maximum atomic E-state index is 13.8. The lowest BCUT2D eigenvalue weighted by Gasteiger charge is -2.49. The highest BCUT2D eigenvalue weighted by Crippen LogP contribution is 2.37. The molecule has 0 radical (unpaired) electrons. The lowest BCUT2D eigenvalue weighted by atomic mass is 9.96. The van der Waals surface area contributed by atoms with E-state index in [0.29, 0.717) is 11.1 Å². The van der Waals surface area contributed by atoms with Gasteiger partial charge in [-0.1, -0.05) is 218 Å². The summed E-state index contributed by atoms with van der Waals surface area (Å²) in [5.74, 6) is -1.11. The van der Waals surface area contributed by atoms with Crippen LogP contribution in [0.5, 0.6) is 0 Å². The highest BCUT2D eigenvalue weighted by molar-refractivity contribution is 5.89. The summed E-state index contributed by atoms with van der Waals surface area (Å²) in [4.78, 5) is 27.7. The number of ether oxygens (including phenoxy) is 11. The van der Waals surface area contributed by atoms with Gasteiger partial charge in [-0.2, -0.15) is 0 Å². The van der Waals surface area contributed by atoms with Gasteiger partial charge in [0, 0.05) is 0 Å². The summed E-state index contributed by atoms with van der Waals surface area (Å²) in [6, 6.07) is 76.2. The zero-order valence-electron chi connectivity index (χ0n) is 44.8. The van der Waals surface area contributed by atoms with Crippen LogP contribution in [0.25, 0.3) is 0 Å². The van der Waals surface area contributed by atoms with E-state index in [2.05, 4.69) is 0 Å². The molecule has 0 aliphatic carbocycles. The van der Waals surface area contributed by atoms with Crippen LogP contribution in [-0.2, 0) is 91.7 Å². The van der Waals surface area contributed by atoms with E-state index in [1.807, 2.05) is 194 Å². The van der Waals surface area contributed by atoms with Crippen LogP contribution in [0, 0.1) is 0 Å². The Balaban J connectivity index is 1.06. The molecule has 0 aromatic heterocycles. The lowest BCUT2D eigenvalue weighted by molar-refractivity contribution is -0.393. The van der Waals surface area contributed by atoms with Crippen molar-refractivity contribution in [3.05, 3.63) is 287 Å². The molecule has 10 rings (SSSR count). The van der Waals surface area contributed by atoms with Gasteiger partial charge in [0.1, 0.15) is 62.0 Å². The molecule has 13 heteroatoms. The van der Waals surface area contributed by atoms with Crippen molar-refractivity contribution in [1.82, 2.24) is 0 Å². The fraction of sp³-hybridized carbons (Fsp3) is 0.265. The maximum absolute atomic E-state index is 13.8. The van der Waals surface area contributed by atoms with E-state index in [1.54, 1.807) is 48.5 Å². The van der Waals surface area contributed by atoms with Crippen LogP contribution in [0.1, 0.15) is 54.1 Å². The standard InChI is InChI=1S/C68H66O13/c69-65(55-37-21-7-22-38-55)77-47-57-59(71-41-49-25-9-1-10-26-49)61(73-43-51-29-13-3-14-30-51)63(75-45-53-33-17-5-18-34-53)67(79-57)81-68-64(76-46-54-35-19-6-20-36-54)62(74-44-52-31-15-4-16-32-52)60(72-42-50-27-11-2-12-28-50)58(80-68)48-78-66(70)56-39-23-8-24-40-56/h1-40,57-64,67-68H,41-48H2/t57-,58-,59-,60-,61+,62+,63-,64-,67-,68-/m1/s1. The van der Waals surface area contributed by atoms with Gasteiger partial charge < -0.3 is 52.1 Å². The van der Waals surface area contributed by atoms with Crippen molar-refractivity contribution in [2.75, 3.05) is 13.2 Å². The van der Waals surface area contributed by atoms with Crippen molar-refractivity contribution in [2.24, 2.45) is 0 Å². The molecule has 0 N–H and O–H groups in total. The van der Waals surface area contributed by atoms with Crippen LogP contribution in [0.2, 0.25) is 0 Å². The molecule has 0 saturated carbocycles. The van der Waals surface area contributed by atoms with E-state index in [-0.39, 0.29) is 52.9 Å². The molecule has 0 spiro atoms. The minimum atomic E-state index is -1.33. The molecule has 8 aromatic rings. The normalized spacial score (nSPS) is 22.6. The van der Waals surface area contributed by atoms with Gasteiger partial charge >= 0.3 is 11.9 Å². The van der Waals surface area contributed by atoms with Gasteiger partial charge in [-0.15, -0.1) is 0 Å². The Hall–Kier alpha value is -7.66. The second kappa shape index (κ2) is 29.7. The first-order valence-electron chi connectivity index (χ1n) is 27.3. The third-order valence-corrected chi connectivity index (χ3v) is 13.9. The molecule has 0 amide bonds. The average molecular weight is 1090 g/mol. The third kappa shape index (κ3) is 16.3. The number of rotatable bonds is 26. The molecule has 10 atom stereocenters. The summed E-state index contributed by atoms with van der Waals surface area (Å²) >= 11 is 0. The quantitative estimate of drug-likeness (QED) is 0.0476. The van der Waals surface area contributed by atoms with E-state index < -0.39 is 73.4 Å². The number of carbonyl (C=O) groups is 2. The van der Waals surface area contributed by atoms with Gasteiger partial charge in [0.25, 0.3) is 0 Å². The second-order valence-corrected chi connectivity index (χ2v) is 19.7. The summed E-state index contributed by atoms with van der Waals surface area (Å²) in [5, 5.41) is 0. The maximum Gasteiger partial charge on any atom is 0.338 e. The zero-order valence-corrected chi connectivity index (χ0v) is 44.8. The number of benzene rings is 8. The number of esters is 2. The first kappa shape index (κ1) is 56.6. The monoisotopic (exact) mass is 1090 g/mol. The van der Waals surface area contributed by atoms with Gasteiger partial charge in [0.2, 0.25) is 0 Å². The average Bonchev–Trinajstić information content (AvgIpc) is 3.63. The van der Waals surface area contributed by atoms with Crippen molar-refractivity contribution in [3.63, 3.8) is 0 Å². The van der Waals surface area contributed by atoms with Crippen LogP contribution < -0.4 is 0 Å². The summed E-state index contributed by atoms with van der Waals surface area (Å²) in [7, 11) is 0. The first-order chi connectivity index (χ1) is 40.0. The zero-order chi connectivity index (χ0) is 55.3. The molecule has 2 aliphatic heterocycles. The minimum absolute atomic E-state index is 0.120. The van der Waals surface area contributed by atoms with Crippen LogP contribution in [0.15, 0.2) is 243 Å². The number of hydrogen-bond donors (Lipinski definition) is 0. The molecular formula is C68H66O13. The fourth-order valence-electron chi connectivity index (χ4n) is 9.74. The Morgan fingerprint density at radius 2 is 0.506 bits per heavy atom. The highest BCUT2D eigenvalue weighted by Gasteiger charge is 2.55. The number of carbonyl (C=O) groups excluding carboxylic acids is 2. The van der Waals surface area contributed by atoms with Crippen molar-refractivity contribution < 1.29 is 61.7 Å². The molecule has 2 aliphatic rings. The molecule has 81 heavy (non-hydrogen) atoms. The topological polar surface area (TPSA) is 136 Å². The second-order valence-electron chi connectivity index (χ2n) is 19.7. The lowest BCUT2D eigenvalue weighted by Crippen LogP contribution is -2.66. The van der Waals surface area contributed by atoms with Crippen molar-refractivity contribution in [2.45, 2.75) is 101 Å². The van der Waals surface area contributed by atoms with Gasteiger partial charge in [0.15, 0.2) is 12.6 Å². The fourth-order valence-corrected chi connectivity index (χ4v) is 9.74. The first-order valence-corrected chi connectivity index (χ1v) is 27.3. The smallest absolute Gasteiger partial charge is 0.338 e. The summed E-state index contributed by atoms with van der Waals surface area (Å²) in [6.45, 7) is 0.338. The molecule has 0 unspecified atom stereocenters. The summed E-state index contributed by atoms with van der Waals surface area (Å²) in [5.41, 5.74) is 6.08. The Bertz CT molecular complexity index is 2860. The van der Waals surface area contributed by atoms with Crippen LogP contribution >= 0.6 is 0 Å². The highest BCUT2D eigenvalue weighted by atomic mass is 16.8. The molecule has 2 heterocycles. The predicted octanol–water partition coefficient (Wildman–Crippen LogP) is 11.7. The predicted molar refractivity (Wildman–Crippen MR) is 302 cm³/mol. The Kier molecular flexibility index (Phi) is 20.8. The molecule has 0 bridgehead atoms.